The van der Waals surface area contributed by atoms with Crippen molar-refractivity contribution in [3.63, 3.8) is 0 Å². The molecule has 0 fully saturated rings. The fourth-order valence-corrected chi connectivity index (χ4v) is 3.00. The Morgan fingerprint density at radius 2 is 1.72 bits per heavy atom. The monoisotopic (exact) mass is 401 g/mol. The number of fused-ring (bicyclic) bond motifs is 1. The number of esters is 2. The van der Waals surface area contributed by atoms with Crippen molar-refractivity contribution >= 4 is 29.8 Å². The lowest BCUT2D eigenvalue weighted by atomic mass is 10.1. The molecule has 10 nitrogen and oxygen atoms in total. The number of rotatable bonds is 6. The fraction of sp³-hybridized carbons (Fsp3) is 0.316. The standard InChI is InChI=1S/C19H19N3O7/c1-3-28-18(26)13-8-20-19(27)21-14(13)9-29-17(25)10(2)22-15(23)11-6-4-5-7-12(11)16(22)24/h4-7,10H,3,8-9H2,1-2H3,(H2,20,21,27)/t10-/m0/s1. The van der Waals surface area contributed by atoms with Gasteiger partial charge in [-0.25, -0.2) is 14.4 Å². The number of nitrogens with one attached hydrogen (secondary N) is 2. The van der Waals surface area contributed by atoms with Crippen molar-refractivity contribution in [2.24, 2.45) is 0 Å². The molecule has 10 heteroatoms. The number of imide groups is 1. The molecule has 3 rings (SSSR count). The number of hydrogen-bond donors (Lipinski definition) is 2. The number of ether oxygens (including phenoxy) is 2. The van der Waals surface area contributed by atoms with Gasteiger partial charge in [0.15, 0.2) is 0 Å². The summed E-state index contributed by atoms with van der Waals surface area (Å²) in [6.07, 6.45) is 0. The van der Waals surface area contributed by atoms with Crippen LogP contribution in [-0.4, -0.2) is 60.5 Å². The smallest absolute Gasteiger partial charge is 0.337 e. The van der Waals surface area contributed by atoms with Crippen LogP contribution in [0.15, 0.2) is 35.5 Å². The van der Waals surface area contributed by atoms with Crippen LogP contribution in [0.1, 0.15) is 34.6 Å². The van der Waals surface area contributed by atoms with E-state index in [1.165, 1.54) is 19.1 Å². The summed E-state index contributed by atoms with van der Waals surface area (Å²) in [5, 5.41) is 4.84. The van der Waals surface area contributed by atoms with Crippen LogP contribution in [0, 0.1) is 0 Å². The lowest BCUT2D eigenvalue weighted by molar-refractivity contribution is -0.147. The van der Waals surface area contributed by atoms with Crippen LogP contribution in [0.4, 0.5) is 4.79 Å². The molecule has 0 spiro atoms. The Balaban J connectivity index is 1.71. The van der Waals surface area contributed by atoms with Gasteiger partial charge < -0.3 is 20.1 Å². The van der Waals surface area contributed by atoms with Gasteiger partial charge in [-0.1, -0.05) is 12.1 Å². The van der Waals surface area contributed by atoms with Gasteiger partial charge in [-0.3, -0.25) is 14.5 Å². The number of urea groups is 1. The van der Waals surface area contributed by atoms with E-state index in [0.717, 1.165) is 4.90 Å². The van der Waals surface area contributed by atoms with Crippen LogP contribution in [0.3, 0.4) is 0 Å². The first kappa shape index (κ1) is 20.1. The van der Waals surface area contributed by atoms with Crippen molar-refractivity contribution in [1.82, 2.24) is 15.5 Å². The Hall–Kier alpha value is -3.69. The van der Waals surface area contributed by atoms with Crippen molar-refractivity contribution in [2.75, 3.05) is 19.8 Å². The summed E-state index contributed by atoms with van der Waals surface area (Å²) >= 11 is 0. The highest BCUT2D eigenvalue weighted by Crippen LogP contribution is 2.24. The average molecular weight is 401 g/mol. The van der Waals surface area contributed by atoms with Gasteiger partial charge in [0, 0.05) is 0 Å². The summed E-state index contributed by atoms with van der Waals surface area (Å²) in [6, 6.07) is 4.52. The van der Waals surface area contributed by atoms with E-state index in [0.29, 0.717) is 0 Å². The maximum atomic E-state index is 12.5. The quantitative estimate of drug-likeness (QED) is 0.519. The second kappa shape index (κ2) is 8.13. The molecule has 29 heavy (non-hydrogen) atoms. The summed E-state index contributed by atoms with van der Waals surface area (Å²) in [5.74, 6) is -2.68. The Morgan fingerprint density at radius 1 is 1.10 bits per heavy atom. The molecule has 1 atom stereocenters. The van der Waals surface area contributed by atoms with Gasteiger partial charge in [-0.15, -0.1) is 0 Å². The van der Waals surface area contributed by atoms with E-state index in [2.05, 4.69) is 10.6 Å². The second-order valence-corrected chi connectivity index (χ2v) is 6.29. The molecule has 2 heterocycles. The molecule has 4 amide bonds. The number of nitrogens with zero attached hydrogens (tertiary/aromatic N) is 1. The molecule has 0 bridgehead atoms. The SMILES string of the molecule is CCOC(=O)C1=C(COC(=O)[C@H](C)N2C(=O)c3ccccc3C2=O)NC(=O)NC1. The van der Waals surface area contributed by atoms with E-state index >= 15 is 0 Å². The first-order valence-corrected chi connectivity index (χ1v) is 8.92. The predicted molar refractivity (Wildman–Crippen MR) is 97.6 cm³/mol. The molecule has 152 valence electrons. The third-order valence-electron chi connectivity index (χ3n) is 4.49. The Morgan fingerprint density at radius 3 is 2.31 bits per heavy atom. The third kappa shape index (κ3) is 3.82. The van der Waals surface area contributed by atoms with Gasteiger partial charge in [0.2, 0.25) is 0 Å². The van der Waals surface area contributed by atoms with Crippen molar-refractivity contribution < 1.29 is 33.4 Å². The van der Waals surface area contributed by atoms with Crippen LogP contribution in [0.2, 0.25) is 0 Å². The zero-order valence-electron chi connectivity index (χ0n) is 15.8. The number of carbonyl (C=O) groups is 5. The summed E-state index contributed by atoms with van der Waals surface area (Å²) in [7, 11) is 0. The zero-order valence-corrected chi connectivity index (χ0v) is 15.8. The molecule has 2 aliphatic heterocycles. The van der Waals surface area contributed by atoms with Gasteiger partial charge in [-0.05, 0) is 26.0 Å². The summed E-state index contributed by atoms with van der Waals surface area (Å²) in [4.78, 5) is 61.8. The van der Waals surface area contributed by atoms with E-state index in [1.54, 1.807) is 19.1 Å². The summed E-state index contributed by atoms with van der Waals surface area (Å²) in [5.41, 5.74) is 0.632. The molecule has 1 aromatic rings. The highest BCUT2D eigenvalue weighted by molar-refractivity contribution is 6.22. The van der Waals surface area contributed by atoms with Gasteiger partial charge in [0.05, 0.1) is 35.5 Å². The molecule has 2 N–H and O–H groups in total. The molecule has 0 unspecified atom stereocenters. The topological polar surface area (TPSA) is 131 Å². The number of hydrogen-bond acceptors (Lipinski definition) is 7. The Bertz CT molecular complexity index is 902. The van der Waals surface area contributed by atoms with Gasteiger partial charge in [-0.2, -0.15) is 0 Å². The predicted octanol–water partition coefficient (Wildman–Crippen LogP) is 0.344. The molecule has 0 saturated heterocycles. The van der Waals surface area contributed by atoms with Crippen molar-refractivity contribution in [2.45, 2.75) is 19.9 Å². The fourth-order valence-electron chi connectivity index (χ4n) is 3.00. The molecule has 1 aromatic carbocycles. The van der Waals surface area contributed by atoms with E-state index < -0.39 is 42.4 Å². The molecule has 0 saturated carbocycles. The third-order valence-corrected chi connectivity index (χ3v) is 4.49. The molecule has 0 aromatic heterocycles. The van der Waals surface area contributed by atoms with E-state index in [-0.39, 0.29) is 35.5 Å². The normalized spacial score (nSPS) is 16.8. The lowest BCUT2D eigenvalue weighted by Gasteiger charge is -2.23. The highest BCUT2D eigenvalue weighted by atomic mass is 16.5. The molecule has 2 aliphatic rings. The van der Waals surface area contributed by atoms with E-state index in [1.807, 2.05) is 0 Å². The highest BCUT2D eigenvalue weighted by Gasteiger charge is 2.41. The first-order chi connectivity index (χ1) is 13.8. The largest absolute Gasteiger partial charge is 0.463 e. The molecular weight excluding hydrogens is 382 g/mol. The first-order valence-electron chi connectivity index (χ1n) is 8.92. The van der Waals surface area contributed by atoms with Crippen LogP contribution in [0.25, 0.3) is 0 Å². The number of carbonyl (C=O) groups excluding carboxylic acids is 5. The second-order valence-electron chi connectivity index (χ2n) is 6.29. The van der Waals surface area contributed by atoms with Crippen LogP contribution in [-0.2, 0) is 19.1 Å². The minimum atomic E-state index is -1.19. The maximum Gasteiger partial charge on any atom is 0.337 e. The van der Waals surface area contributed by atoms with Gasteiger partial charge >= 0.3 is 18.0 Å². The Labute approximate surface area is 165 Å². The van der Waals surface area contributed by atoms with Crippen LogP contribution < -0.4 is 10.6 Å². The summed E-state index contributed by atoms with van der Waals surface area (Å²) < 4.78 is 10.1. The minimum absolute atomic E-state index is 0.0779. The zero-order chi connectivity index (χ0) is 21.1. The summed E-state index contributed by atoms with van der Waals surface area (Å²) in [6.45, 7) is 2.64. The van der Waals surface area contributed by atoms with Crippen LogP contribution in [0.5, 0.6) is 0 Å². The number of benzene rings is 1. The van der Waals surface area contributed by atoms with Gasteiger partial charge in [0.25, 0.3) is 11.8 Å². The lowest BCUT2D eigenvalue weighted by Crippen LogP contribution is -2.46. The molecule has 0 radical (unpaired) electrons. The van der Waals surface area contributed by atoms with Crippen molar-refractivity contribution in [1.29, 1.82) is 0 Å². The number of amides is 4. The van der Waals surface area contributed by atoms with Gasteiger partial charge in [0.1, 0.15) is 12.6 Å². The Kier molecular flexibility index (Phi) is 5.62. The molecule has 0 aliphatic carbocycles. The van der Waals surface area contributed by atoms with E-state index in [4.69, 9.17) is 9.47 Å². The van der Waals surface area contributed by atoms with Crippen molar-refractivity contribution in [3.8, 4) is 0 Å². The average Bonchev–Trinajstić information content (AvgIpc) is 2.96. The minimum Gasteiger partial charge on any atom is -0.463 e. The van der Waals surface area contributed by atoms with E-state index in [9.17, 15) is 24.0 Å². The maximum absolute atomic E-state index is 12.5. The van der Waals surface area contributed by atoms with Crippen molar-refractivity contribution in [3.05, 3.63) is 46.7 Å². The van der Waals surface area contributed by atoms with Crippen LogP contribution >= 0.6 is 0 Å². The molecular formula is C19H19N3O7.